The highest BCUT2D eigenvalue weighted by Crippen LogP contribution is 2.21. The molecular formula is C16H21BrN4O2. The Morgan fingerprint density at radius 2 is 1.96 bits per heavy atom. The van der Waals surface area contributed by atoms with Crippen molar-refractivity contribution in [1.29, 1.82) is 0 Å². The molecule has 7 heteroatoms. The van der Waals surface area contributed by atoms with Gasteiger partial charge in [0.15, 0.2) is 0 Å². The Morgan fingerprint density at radius 3 is 2.61 bits per heavy atom. The maximum atomic E-state index is 12.1. The van der Waals surface area contributed by atoms with Crippen LogP contribution in [0.15, 0.2) is 29.0 Å². The molecule has 1 aliphatic rings. The van der Waals surface area contributed by atoms with Crippen LogP contribution in [0.4, 0.5) is 10.6 Å². The van der Waals surface area contributed by atoms with E-state index in [2.05, 4.69) is 30.2 Å². The number of piperazine rings is 1. The summed E-state index contributed by atoms with van der Waals surface area (Å²) >= 11 is 3.46. The van der Waals surface area contributed by atoms with Gasteiger partial charge < -0.3 is 14.5 Å². The molecule has 1 aliphatic heterocycles. The van der Waals surface area contributed by atoms with Crippen LogP contribution in [0.3, 0.4) is 0 Å². The van der Waals surface area contributed by atoms with Gasteiger partial charge in [-0.1, -0.05) is 15.9 Å². The summed E-state index contributed by atoms with van der Waals surface area (Å²) in [6.07, 6.45) is 3.65. The number of hydrogen-bond donors (Lipinski definition) is 0. The number of carbonyl (C=O) groups is 1. The van der Waals surface area contributed by atoms with Crippen LogP contribution < -0.4 is 4.90 Å². The van der Waals surface area contributed by atoms with E-state index >= 15 is 0 Å². The van der Waals surface area contributed by atoms with E-state index in [1.165, 1.54) is 0 Å². The number of nitrogens with zero attached hydrogens (tertiary/aromatic N) is 4. The molecule has 0 unspecified atom stereocenters. The minimum absolute atomic E-state index is 0.237. The average Bonchev–Trinajstić information content (AvgIpc) is 2.88. The predicted octanol–water partition coefficient (Wildman–Crippen LogP) is 3.15. The van der Waals surface area contributed by atoms with Gasteiger partial charge in [0, 0.05) is 36.8 Å². The highest BCUT2D eigenvalue weighted by Gasteiger charge is 2.26. The molecule has 3 heterocycles. The van der Waals surface area contributed by atoms with Gasteiger partial charge in [0.25, 0.3) is 0 Å². The molecule has 124 valence electrons. The van der Waals surface area contributed by atoms with Crippen molar-refractivity contribution < 1.29 is 9.53 Å². The summed E-state index contributed by atoms with van der Waals surface area (Å²) in [5.41, 5.74) is 0.451. The lowest BCUT2D eigenvalue weighted by atomic mass is 10.2. The van der Waals surface area contributed by atoms with E-state index in [0.29, 0.717) is 13.1 Å². The largest absolute Gasteiger partial charge is 0.444 e. The van der Waals surface area contributed by atoms with Gasteiger partial charge in [-0.3, -0.25) is 4.40 Å². The molecule has 0 atom stereocenters. The molecule has 0 N–H and O–H groups in total. The predicted molar refractivity (Wildman–Crippen MR) is 92.9 cm³/mol. The van der Waals surface area contributed by atoms with Gasteiger partial charge >= 0.3 is 6.09 Å². The van der Waals surface area contributed by atoms with E-state index in [1.807, 2.05) is 45.3 Å². The van der Waals surface area contributed by atoms with Crippen molar-refractivity contribution in [2.45, 2.75) is 26.4 Å². The van der Waals surface area contributed by atoms with Crippen molar-refractivity contribution in [1.82, 2.24) is 14.3 Å². The Bertz CT molecular complexity index is 714. The zero-order chi connectivity index (χ0) is 16.6. The quantitative estimate of drug-likeness (QED) is 0.762. The molecule has 6 nitrogen and oxygen atoms in total. The molecular weight excluding hydrogens is 360 g/mol. The van der Waals surface area contributed by atoms with E-state index in [0.717, 1.165) is 29.0 Å². The summed E-state index contributed by atoms with van der Waals surface area (Å²) in [4.78, 5) is 20.6. The number of amides is 1. The molecule has 0 spiro atoms. The molecule has 0 bridgehead atoms. The Balaban J connectivity index is 1.67. The van der Waals surface area contributed by atoms with Crippen molar-refractivity contribution in [3.05, 3.63) is 29.0 Å². The lowest BCUT2D eigenvalue weighted by Crippen LogP contribution is -2.50. The molecule has 2 aromatic rings. The first-order valence-electron chi connectivity index (χ1n) is 7.69. The van der Waals surface area contributed by atoms with E-state index in [9.17, 15) is 4.79 Å². The second-order valence-corrected chi connectivity index (χ2v) is 7.56. The van der Waals surface area contributed by atoms with Crippen LogP contribution in [0.1, 0.15) is 20.8 Å². The summed E-state index contributed by atoms with van der Waals surface area (Å²) in [5, 5.41) is 0. The van der Waals surface area contributed by atoms with E-state index in [1.54, 1.807) is 4.90 Å². The fraction of sp³-hybridized carbons (Fsp3) is 0.500. The molecule has 0 saturated carbocycles. The standard InChI is InChI=1S/C16H21BrN4O2/c1-16(2,3)23-15(22)20-8-6-19(7-9-20)14-11-18-13-10-12(17)4-5-21(13)14/h4-5,10-11H,6-9H2,1-3H3. The molecule has 1 saturated heterocycles. The van der Waals surface area contributed by atoms with Gasteiger partial charge in [-0.05, 0) is 32.9 Å². The summed E-state index contributed by atoms with van der Waals surface area (Å²) in [6.45, 7) is 8.50. The summed E-state index contributed by atoms with van der Waals surface area (Å²) < 4.78 is 8.51. The van der Waals surface area contributed by atoms with E-state index < -0.39 is 5.60 Å². The monoisotopic (exact) mass is 380 g/mol. The van der Waals surface area contributed by atoms with Crippen LogP contribution in [0, 0.1) is 0 Å². The van der Waals surface area contributed by atoms with Crippen LogP contribution in [-0.4, -0.2) is 52.2 Å². The maximum absolute atomic E-state index is 12.1. The number of hydrogen-bond acceptors (Lipinski definition) is 4. The van der Waals surface area contributed by atoms with Crippen LogP contribution in [-0.2, 0) is 4.74 Å². The normalized spacial score (nSPS) is 16.0. The number of rotatable bonds is 1. The molecule has 2 aromatic heterocycles. The highest BCUT2D eigenvalue weighted by molar-refractivity contribution is 9.10. The number of carbonyl (C=O) groups excluding carboxylic acids is 1. The molecule has 0 aromatic carbocycles. The first-order chi connectivity index (χ1) is 10.8. The topological polar surface area (TPSA) is 50.1 Å². The molecule has 1 amide bonds. The number of fused-ring (bicyclic) bond motifs is 1. The first-order valence-corrected chi connectivity index (χ1v) is 8.48. The van der Waals surface area contributed by atoms with Crippen LogP contribution in [0.2, 0.25) is 0 Å². The van der Waals surface area contributed by atoms with Crippen LogP contribution >= 0.6 is 15.9 Å². The molecule has 3 rings (SSSR count). The summed E-state index contributed by atoms with van der Waals surface area (Å²) in [6, 6.07) is 3.98. The number of pyridine rings is 1. The van der Waals surface area contributed by atoms with Gasteiger partial charge in [-0.25, -0.2) is 9.78 Å². The molecule has 0 aliphatic carbocycles. The van der Waals surface area contributed by atoms with Crippen molar-refractivity contribution in [3.63, 3.8) is 0 Å². The minimum atomic E-state index is -0.455. The second kappa shape index (κ2) is 6.03. The fourth-order valence-electron chi connectivity index (χ4n) is 2.62. The van der Waals surface area contributed by atoms with Crippen LogP contribution in [0.5, 0.6) is 0 Å². The number of imidazole rings is 1. The molecule has 1 fully saturated rings. The smallest absolute Gasteiger partial charge is 0.410 e. The molecule has 23 heavy (non-hydrogen) atoms. The zero-order valence-corrected chi connectivity index (χ0v) is 15.2. The molecule has 0 radical (unpaired) electrons. The lowest BCUT2D eigenvalue weighted by Gasteiger charge is -2.36. The SMILES string of the molecule is CC(C)(C)OC(=O)N1CCN(c2cnc3cc(Br)ccn23)CC1. The van der Waals surface area contributed by atoms with E-state index in [4.69, 9.17) is 4.74 Å². The third kappa shape index (κ3) is 3.60. The third-order valence-corrected chi connectivity index (χ3v) is 4.20. The van der Waals surface area contributed by atoms with Gasteiger partial charge in [0.1, 0.15) is 17.1 Å². The first kappa shape index (κ1) is 16.1. The Morgan fingerprint density at radius 1 is 1.26 bits per heavy atom. The van der Waals surface area contributed by atoms with E-state index in [-0.39, 0.29) is 6.09 Å². The number of ether oxygens (including phenoxy) is 1. The van der Waals surface area contributed by atoms with Gasteiger partial charge in [0.05, 0.1) is 6.20 Å². The number of anilines is 1. The van der Waals surface area contributed by atoms with Gasteiger partial charge in [-0.15, -0.1) is 0 Å². The average molecular weight is 381 g/mol. The third-order valence-electron chi connectivity index (χ3n) is 3.71. The van der Waals surface area contributed by atoms with Gasteiger partial charge in [0.2, 0.25) is 0 Å². The van der Waals surface area contributed by atoms with Gasteiger partial charge in [-0.2, -0.15) is 0 Å². The second-order valence-electron chi connectivity index (χ2n) is 6.64. The number of halogens is 1. The summed E-state index contributed by atoms with van der Waals surface area (Å²) in [5.74, 6) is 1.05. The van der Waals surface area contributed by atoms with Crippen LogP contribution in [0.25, 0.3) is 5.65 Å². The minimum Gasteiger partial charge on any atom is -0.444 e. The highest BCUT2D eigenvalue weighted by atomic mass is 79.9. The van der Waals surface area contributed by atoms with Crippen molar-refractivity contribution in [2.24, 2.45) is 0 Å². The maximum Gasteiger partial charge on any atom is 0.410 e. The van der Waals surface area contributed by atoms with Crippen molar-refractivity contribution in [2.75, 3.05) is 31.1 Å². The Kier molecular flexibility index (Phi) is 4.23. The fourth-order valence-corrected chi connectivity index (χ4v) is 2.94. The summed E-state index contributed by atoms with van der Waals surface area (Å²) in [7, 11) is 0. The van der Waals surface area contributed by atoms with Crippen molar-refractivity contribution in [3.8, 4) is 0 Å². The van der Waals surface area contributed by atoms with Crippen molar-refractivity contribution >= 4 is 33.5 Å². The Labute approximate surface area is 144 Å². The lowest BCUT2D eigenvalue weighted by molar-refractivity contribution is 0.0240. The zero-order valence-electron chi connectivity index (χ0n) is 13.6. The Hall–Kier alpha value is -1.76. The number of aromatic nitrogens is 2.